The van der Waals surface area contributed by atoms with Crippen molar-refractivity contribution in [1.29, 1.82) is 0 Å². The summed E-state index contributed by atoms with van der Waals surface area (Å²) in [6, 6.07) is 2.59. The van der Waals surface area contributed by atoms with Crippen LogP contribution < -0.4 is 10.6 Å². The van der Waals surface area contributed by atoms with Gasteiger partial charge in [0.15, 0.2) is 0 Å². The molecule has 2 saturated carbocycles. The first-order chi connectivity index (χ1) is 11.2. The van der Waals surface area contributed by atoms with E-state index >= 15 is 0 Å². The molecule has 2 aliphatic carbocycles. The van der Waals surface area contributed by atoms with Crippen LogP contribution in [0.2, 0.25) is 0 Å². The summed E-state index contributed by atoms with van der Waals surface area (Å²) >= 11 is 0. The number of aromatic nitrogens is 2. The normalized spacial score (nSPS) is 20.2. The highest BCUT2D eigenvalue weighted by Crippen LogP contribution is 2.21. The molecule has 1 aromatic rings. The van der Waals surface area contributed by atoms with Gasteiger partial charge in [-0.25, -0.2) is 9.97 Å². The second-order valence-corrected chi connectivity index (χ2v) is 6.97. The Morgan fingerprint density at radius 3 is 2.26 bits per heavy atom. The molecular formula is C18H28N4O. The van der Waals surface area contributed by atoms with Crippen molar-refractivity contribution >= 4 is 11.7 Å². The van der Waals surface area contributed by atoms with Gasteiger partial charge >= 0.3 is 0 Å². The number of carbonyl (C=O) groups is 1. The van der Waals surface area contributed by atoms with Crippen molar-refractivity contribution in [3.63, 3.8) is 0 Å². The lowest BCUT2D eigenvalue weighted by molar-refractivity contribution is 0.0932. The molecule has 0 spiro atoms. The Kier molecular flexibility index (Phi) is 5.47. The molecule has 1 amide bonds. The van der Waals surface area contributed by atoms with E-state index in [9.17, 15) is 4.79 Å². The molecule has 0 atom stereocenters. The summed E-state index contributed by atoms with van der Waals surface area (Å²) in [5, 5.41) is 6.63. The summed E-state index contributed by atoms with van der Waals surface area (Å²) in [6.07, 6.45) is 12.2. The third-order valence-corrected chi connectivity index (χ3v) is 4.97. The van der Waals surface area contributed by atoms with E-state index < -0.39 is 0 Å². The number of hydrogen-bond donors (Lipinski definition) is 2. The molecule has 2 fully saturated rings. The van der Waals surface area contributed by atoms with Crippen molar-refractivity contribution in [2.75, 3.05) is 5.32 Å². The number of rotatable bonds is 4. The van der Waals surface area contributed by atoms with Crippen LogP contribution in [-0.2, 0) is 0 Å². The SMILES string of the molecule is Cc1nc(NC2CCCCCC2)cc(C(=O)NC2CCCC2)n1. The Morgan fingerprint density at radius 2 is 1.57 bits per heavy atom. The fraction of sp³-hybridized carbons (Fsp3) is 0.722. The quantitative estimate of drug-likeness (QED) is 0.833. The first-order valence-electron chi connectivity index (χ1n) is 9.14. The molecule has 5 heteroatoms. The van der Waals surface area contributed by atoms with Crippen LogP contribution in [0.4, 0.5) is 5.82 Å². The van der Waals surface area contributed by atoms with Crippen molar-refractivity contribution in [2.24, 2.45) is 0 Å². The first kappa shape index (κ1) is 16.2. The number of nitrogens with zero attached hydrogens (tertiary/aromatic N) is 2. The van der Waals surface area contributed by atoms with Crippen LogP contribution in [0, 0.1) is 6.92 Å². The number of amides is 1. The van der Waals surface area contributed by atoms with Crippen LogP contribution in [0.5, 0.6) is 0 Å². The van der Waals surface area contributed by atoms with E-state index in [4.69, 9.17) is 0 Å². The predicted molar refractivity (Wildman–Crippen MR) is 91.6 cm³/mol. The fourth-order valence-electron chi connectivity index (χ4n) is 3.72. The van der Waals surface area contributed by atoms with Gasteiger partial charge in [0.25, 0.3) is 5.91 Å². The lowest BCUT2D eigenvalue weighted by atomic mass is 10.1. The van der Waals surface area contributed by atoms with Crippen LogP contribution in [-0.4, -0.2) is 28.0 Å². The minimum absolute atomic E-state index is 0.0636. The second kappa shape index (κ2) is 7.75. The fourth-order valence-corrected chi connectivity index (χ4v) is 3.72. The molecule has 0 radical (unpaired) electrons. The van der Waals surface area contributed by atoms with Gasteiger partial charge in [0.2, 0.25) is 0 Å². The molecule has 126 valence electrons. The first-order valence-corrected chi connectivity index (χ1v) is 9.14. The standard InChI is InChI=1S/C18H28N4O/c1-13-19-16(18(23)22-15-10-6-7-11-15)12-17(20-13)21-14-8-4-2-3-5-9-14/h12,14-15H,2-11H2,1H3,(H,22,23)(H,19,20,21). The van der Waals surface area contributed by atoms with E-state index in [2.05, 4.69) is 20.6 Å². The molecule has 5 nitrogen and oxygen atoms in total. The minimum Gasteiger partial charge on any atom is -0.367 e. The summed E-state index contributed by atoms with van der Waals surface area (Å²) < 4.78 is 0. The smallest absolute Gasteiger partial charge is 0.270 e. The molecule has 3 rings (SSSR count). The summed E-state index contributed by atoms with van der Waals surface area (Å²) in [7, 11) is 0. The zero-order valence-corrected chi connectivity index (χ0v) is 14.1. The Bertz CT molecular complexity index is 532. The summed E-state index contributed by atoms with van der Waals surface area (Å²) in [5.74, 6) is 1.38. The predicted octanol–water partition coefficient (Wildman–Crippen LogP) is 3.59. The monoisotopic (exact) mass is 316 g/mol. The van der Waals surface area contributed by atoms with Crippen LogP contribution in [0.15, 0.2) is 6.07 Å². The van der Waals surface area contributed by atoms with Gasteiger partial charge in [0.1, 0.15) is 17.3 Å². The van der Waals surface area contributed by atoms with E-state index in [-0.39, 0.29) is 5.91 Å². The summed E-state index contributed by atoms with van der Waals surface area (Å²) in [5.41, 5.74) is 0.487. The van der Waals surface area contributed by atoms with E-state index in [0.717, 1.165) is 18.7 Å². The average Bonchev–Trinajstić information content (AvgIpc) is 2.89. The van der Waals surface area contributed by atoms with Crippen molar-refractivity contribution in [3.05, 3.63) is 17.6 Å². The molecule has 2 N–H and O–H groups in total. The molecule has 0 aromatic carbocycles. The molecule has 0 unspecified atom stereocenters. The molecule has 2 aliphatic rings. The lowest BCUT2D eigenvalue weighted by Crippen LogP contribution is -2.33. The zero-order chi connectivity index (χ0) is 16.1. The van der Waals surface area contributed by atoms with Gasteiger partial charge in [-0.15, -0.1) is 0 Å². The second-order valence-electron chi connectivity index (χ2n) is 6.97. The largest absolute Gasteiger partial charge is 0.367 e. The van der Waals surface area contributed by atoms with Crippen molar-refractivity contribution < 1.29 is 4.79 Å². The lowest BCUT2D eigenvalue weighted by Gasteiger charge is -2.18. The molecule has 23 heavy (non-hydrogen) atoms. The third kappa shape index (κ3) is 4.66. The molecule has 0 saturated heterocycles. The van der Waals surface area contributed by atoms with Gasteiger partial charge in [0.05, 0.1) is 0 Å². The van der Waals surface area contributed by atoms with Gasteiger partial charge in [-0.1, -0.05) is 38.5 Å². The van der Waals surface area contributed by atoms with Crippen LogP contribution in [0.1, 0.15) is 80.5 Å². The average molecular weight is 316 g/mol. The maximum absolute atomic E-state index is 12.4. The number of nitrogens with one attached hydrogen (secondary N) is 2. The Morgan fingerprint density at radius 1 is 0.957 bits per heavy atom. The Hall–Kier alpha value is -1.65. The molecule has 1 aromatic heterocycles. The van der Waals surface area contributed by atoms with Crippen molar-refractivity contribution in [1.82, 2.24) is 15.3 Å². The van der Waals surface area contributed by atoms with Gasteiger partial charge in [-0.05, 0) is 32.6 Å². The summed E-state index contributed by atoms with van der Waals surface area (Å²) in [6.45, 7) is 1.85. The van der Waals surface area contributed by atoms with Gasteiger partial charge in [-0.3, -0.25) is 4.79 Å². The number of carbonyl (C=O) groups excluding carboxylic acids is 1. The number of anilines is 1. The number of hydrogen-bond acceptors (Lipinski definition) is 4. The molecule has 0 bridgehead atoms. The summed E-state index contributed by atoms with van der Waals surface area (Å²) in [4.78, 5) is 21.2. The molecule has 0 aliphatic heterocycles. The zero-order valence-electron chi connectivity index (χ0n) is 14.1. The Balaban J connectivity index is 1.66. The van der Waals surface area contributed by atoms with Crippen molar-refractivity contribution in [3.8, 4) is 0 Å². The van der Waals surface area contributed by atoms with Gasteiger partial charge < -0.3 is 10.6 Å². The van der Waals surface area contributed by atoms with Crippen LogP contribution in [0.3, 0.4) is 0 Å². The highest BCUT2D eigenvalue weighted by atomic mass is 16.1. The maximum atomic E-state index is 12.4. The van der Waals surface area contributed by atoms with Crippen LogP contribution in [0.25, 0.3) is 0 Å². The topological polar surface area (TPSA) is 66.9 Å². The minimum atomic E-state index is -0.0636. The van der Waals surface area contributed by atoms with E-state index in [0.29, 0.717) is 23.6 Å². The van der Waals surface area contributed by atoms with Gasteiger partial charge in [0, 0.05) is 18.2 Å². The molecular weight excluding hydrogens is 288 g/mol. The van der Waals surface area contributed by atoms with Crippen LogP contribution >= 0.6 is 0 Å². The van der Waals surface area contributed by atoms with E-state index in [1.807, 2.05) is 13.0 Å². The Labute approximate surface area is 138 Å². The number of aryl methyl sites for hydroxylation is 1. The third-order valence-electron chi connectivity index (χ3n) is 4.97. The maximum Gasteiger partial charge on any atom is 0.270 e. The van der Waals surface area contributed by atoms with E-state index in [1.54, 1.807) is 0 Å². The van der Waals surface area contributed by atoms with Crippen molar-refractivity contribution in [2.45, 2.75) is 83.2 Å². The van der Waals surface area contributed by atoms with Gasteiger partial charge in [-0.2, -0.15) is 0 Å². The highest BCUT2D eigenvalue weighted by molar-refractivity contribution is 5.93. The van der Waals surface area contributed by atoms with E-state index in [1.165, 1.54) is 51.4 Å². The highest BCUT2D eigenvalue weighted by Gasteiger charge is 2.20. The molecule has 1 heterocycles.